The molecule has 1 rings (SSSR count). The number of aromatic nitrogens is 2. The molecule has 0 amide bonds. The van der Waals surface area contributed by atoms with Gasteiger partial charge in [0.05, 0.1) is 23.1 Å². The van der Waals surface area contributed by atoms with Gasteiger partial charge in [0.25, 0.3) is 0 Å². The van der Waals surface area contributed by atoms with E-state index in [1.54, 1.807) is 17.8 Å². The number of rotatable bonds is 4. The monoisotopic (exact) mass is 288 g/mol. The van der Waals surface area contributed by atoms with E-state index in [1.807, 2.05) is 20.8 Å². The Morgan fingerprint density at radius 2 is 2.05 bits per heavy atom. The van der Waals surface area contributed by atoms with Crippen LogP contribution in [0.1, 0.15) is 38.1 Å². The normalized spacial score (nSPS) is 14.2. The molecule has 1 atom stereocenters. The molecule has 0 unspecified atom stereocenters. The number of esters is 1. The Labute approximate surface area is 113 Å². The van der Waals surface area contributed by atoms with Crippen molar-refractivity contribution in [3.05, 3.63) is 18.0 Å². The summed E-state index contributed by atoms with van der Waals surface area (Å²) in [6, 6.07) is 0. The Balaban J connectivity index is 2.72. The van der Waals surface area contributed by atoms with Crippen LogP contribution in [0.3, 0.4) is 0 Å². The maximum Gasteiger partial charge on any atom is 0.341 e. The molecule has 1 heterocycles. The van der Waals surface area contributed by atoms with Crippen molar-refractivity contribution in [3.8, 4) is 0 Å². The standard InChI is InChI=1S/C12H20N2O4S/c1-9(8-19(5,16)17)18-11(15)10-6-13-14(7-10)12(2,3)4/h6-7,9H,8H2,1-5H3/t9-/m1/s1. The summed E-state index contributed by atoms with van der Waals surface area (Å²) in [6.07, 6.45) is 3.44. The topological polar surface area (TPSA) is 78.3 Å². The number of ether oxygens (including phenoxy) is 1. The second-order valence-electron chi connectivity index (χ2n) is 5.65. The molecule has 19 heavy (non-hydrogen) atoms. The molecule has 108 valence electrons. The summed E-state index contributed by atoms with van der Waals surface area (Å²) in [6.45, 7) is 7.43. The summed E-state index contributed by atoms with van der Waals surface area (Å²) in [7, 11) is -3.17. The van der Waals surface area contributed by atoms with Gasteiger partial charge in [-0.3, -0.25) is 4.68 Å². The molecule has 0 radical (unpaired) electrons. The van der Waals surface area contributed by atoms with Gasteiger partial charge in [-0.15, -0.1) is 0 Å². The fourth-order valence-electron chi connectivity index (χ4n) is 1.51. The Morgan fingerprint density at radius 3 is 2.47 bits per heavy atom. The summed E-state index contributed by atoms with van der Waals surface area (Å²) in [4.78, 5) is 11.8. The van der Waals surface area contributed by atoms with Gasteiger partial charge in [-0.1, -0.05) is 0 Å². The molecule has 0 N–H and O–H groups in total. The fraction of sp³-hybridized carbons (Fsp3) is 0.667. The van der Waals surface area contributed by atoms with Crippen LogP contribution in [0.4, 0.5) is 0 Å². The second kappa shape index (κ2) is 5.32. The number of carbonyl (C=O) groups is 1. The lowest BCUT2D eigenvalue weighted by Crippen LogP contribution is -2.24. The summed E-state index contributed by atoms with van der Waals surface area (Å²) in [5.74, 6) is -0.752. The predicted octanol–water partition coefficient (Wildman–Crippen LogP) is 1.23. The fourth-order valence-corrected chi connectivity index (χ4v) is 2.43. The maximum absolute atomic E-state index is 11.8. The van der Waals surface area contributed by atoms with Gasteiger partial charge < -0.3 is 4.74 Å². The van der Waals surface area contributed by atoms with E-state index in [-0.39, 0.29) is 11.3 Å². The van der Waals surface area contributed by atoms with E-state index >= 15 is 0 Å². The average Bonchev–Trinajstić information content (AvgIpc) is 2.61. The van der Waals surface area contributed by atoms with Crippen LogP contribution < -0.4 is 0 Å². The first-order valence-corrected chi connectivity index (χ1v) is 7.99. The lowest BCUT2D eigenvalue weighted by Gasteiger charge is -2.18. The lowest BCUT2D eigenvalue weighted by molar-refractivity contribution is 0.0383. The lowest BCUT2D eigenvalue weighted by atomic mass is 10.1. The highest BCUT2D eigenvalue weighted by Gasteiger charge is 2.20. The van der Waals surface area contributed by atoms with Gasteiger partial charge in [0.2, 0.25) is 0 Å². The molecule has 0 fully saturated rings. The Bertz CT molecular complexity index is 555. The van der Waals surface area contributed by atoms with E-state index in [9.17, 15) is 13.2 Å². The summed E-state index contributed by atoms with van der Waals surface area (Å²) in [5, 5.41) is 4.09. The van der Waals surface area contributed by atoms with E-state index in [1.165, 1.54) is 6.20 Å². The molecule has 0 saturated carbocycles. The first-order valence-electron chi connectivity index (χ1n) is 5.93. The number of sulfone groups is 1. The van der Waals surface area contributed by atoms with Gasteiger partial charge in [-0.05, 0) is 27.7 Å². The number of nitrogens with zero attached hydrogens (tertiary/aromatic N) is 2. The maximum atomic E-state index is 11.8. The van der Waals surface area contributed by atoms with Crippen molar-refractivity contribution in [1.29, 1.82) is 0 Å². The van der Waals surface area contributed by atoms with Gasteiger partial charge in [-0.25, -0.2) is 13.2 Å². The first-order chi connectivity index (χ1) is 8.49. The summed E-state index contributed by atoms with van der Waals surface area (Å²) in [5.41, 5.74) is 0.0898. The van der Waals surface area contributed by atoms with Crippen LogP contribution in [-0.2, 0) is 20.1 Å². The van der Waals surface area contributed by atoms with Crippen molar-refractivity contribution >= 4 is 15.8 Å². The highest BCUT2D eigenvalue weighted by Crippen LogP contribution is 2.14. The molecule has 6 nitrogen and oxygen atoms in total. The summed E-state index contributed by atoms with van der Waals surface area (Å²) >= 11 is 0. The van der Waals surface area contributed by atoms with Crippen molar-refractivity contribution < 1.29 is 17.9 Å². The van der Waals surface area contributed by atoms with Crippen LogP contribution in [0.15, 0.2) is 12.4 Å². The third-order valence-electron chi connectivity index (χ3n) is 2.35. The van der Waals surface area contributed by atoms with E-state index in [0.29, 0.717) is 5.56 Å². The van der Waals surface area contributed by atoms with E-state index in [0.717, 1.165) is 6.26 Å². The zero-order valence-electron chi connectivity index (χ0n) is 11.9. The number of hydrogen-bond acceptors (Lipinski definition) is 5. The Kier molecular flexibility index (Phi) is 4.39. The van der Waals surface area contributed by atoms with Gasteiger partial charge in [-0.2, -0.15) is 5.10 Å². The Morgan fingerprint density at radius 1 is 1.47 bits per heavy atom. The second-order valence-corrected chi connectivity index (χ2v) is 7.84. The van der Waals surface area contributed by atoms with E-state index < -0.39 is 21.9 Å². The van der Waals surface area contributed by atoms with Crippen molar-refractivity contribution in [3.63, 3.8) is 0 Å². The minimum atomic E-state index is -3.17. The third kappa shape index (κ3) is 5.02. The van der Waals surface area contributed by atoms with E-state index in [2.05, 4.69) is 5.10 Å². The third-order valence-corrected chi connectivity index (χ3v) is 3.43. The first kappa shape index (κ1) is 15.7. The zero-order valence-corrected chi connectivity index (χ0v) is 12.7. The molecule has 0 spiro atoms. The van der Waals surface area contributed by atoms with E-state index in [4.69, 9.17) is 4.74 Å². The van der Waals surface area contributed by atoms with Crippen molar-refractivity contribution in [1.82, 2.24) is 9.78 Å². The highest BCUT2D eigenvalue weighted by molar-refractivity contribution is 7.90. The SMILES string of the molecule is C[C@H](CS(C)(=O)=O)OC(=O)c1cnn(C(C)(C)C)c1. The molecular formula is C12H20N2O4S. The predicted molar refractivity (Wildman–Crippen MR) is 71.8 cm³/mol. The van der Waals surface area contributed by atoms with Crippen LogP contribution in [-0.4, -0.2) is 42.3 Å². The minimum Gasteiger partial charge on any atom is -0.458 e. The van der Waals surface area contributed by atoms with Crippen molar-refractivity contribution in [2.75, 3.05) is 12.0 Å². The Hall–Kier alpha value is -1.37. The van der Waals surface area contributed by atoms with Crippen LogP contribution in [0.5, 0.6) is 0 Å². The summed E-state index contributed by atoms with van der Waals surface area (Å²) < 4.78 is 28.9. The van der Waals surface area contributed by atoms with Crippen molar-refractivity contribution in [2.24, 2.45) is 0 Å². The quantitative estimate of drug-likeness (QED) is 0.779. The van der Waals surface area contributed by atoms with Crippen molar-refractivity contribution in [2.45, 2.75) is 39.3 Å². The zero-order chi connectivity index (χ0) is 14.8. The smallest absolute Gasteiger partial charge is 0.341 e. The molecule has 7 heteroatoms. The number of hydrogen-bond donors (Lipinski definition) is 0. The van der Waals surface area contributed by atoms with Gasteiger partial charge >= 0.3 is 5.97 Å². The van der Waals surface area contributed by atoms with Crippen LogP contribution in [0.25, 0.3) is 0 Å². The molecule has 0 aliphatic rings. The minimum absolute atomic E-state index is 0.188. The number of carbonyl (C=O) groups excluding carboxylic acids is 1. The molecular weight excluding hydrogens is 268 g/mol. The highest BCUT2D eigenvalue weighted by atomic mass is 32.2. The van der Waals surface area contributed by atoms with Gasteiger partial charge in [0, 0.05) is 12.5 Å². The average molecular weight is 288 g/mol. The van der Waals surface area contributed by atoms with Gasteiger partial charge in [0.15, 0.2) is 9.84 Å². The molecule has 0 aromatic carbocycles. The largest absolute Gasteiger partial charge is 0.458 e. The van der Waals surface area contributed by atoms with Crippen LogP contribution in [0, 0.1) is 0 Å². The molecule has 1 aromatic heterocycles. The van der Waals surface area contributed by atoms with Crippen LogP contribution >= 0.6 is 0 Å². The molecule has 1 aromatic rings. The molecule has 0 aliphatic carbocycles. The van der Waals surface area contributed by atoms with Gasteiger partial charge in [0.1, 0.15) is 6.10 Å². The van der Waals surface area contributed by atoms with Crippen LogP contribution in [0.2, 0.25) is 0 Å². The molecule has 0 aliphatic heterocycles. The molecule has 0 bridgehead atoms. The molecule has 0 saturated heterocycles.